The number of amides is 2. The van der Waals surface area contributed by atoms with E-state index in [0.717, 1.165) is 49.6 Å². The number of carbonyl (C=O) groups is 2. The Morgan fingerprint density at radius 3 is 2.76 bits per heavy atom. The van der Waals surface area contributed by atoms with Gasteiger partial charge in [0.1, 0.15) is 5.82 Å². The number of imidazole rings is 1. The van der Waals surface area contributed by atoms with E-state index in [9.17, 15) is 9.59 Å². The van der Waals surface area contributed by atoms with Crippen molar-refractivity contribution in [2.45, 2.75) is 45.2 Å². The van der Waals surface area contributed by atoms with E-state index in [2.05, 4.69) is 14.9 Å². The Morgan fingerprint density at radius 2 is 2.04 bits per heavy atom. The highest BCUT2D eigenvalue weighted by atomic mass is 16.2. The molecule has 2 aliphatic rings. The lowest BCUT2D eigenvalue weighted by Crippen LogP contribution is -2.40. The van der Waals surface area contributed by atoms with Crippen LogP contribution in [-0.2, 0) is 17.8 Å². The summed E-state index contributed by atoms with van der Waals surface area (Å²) in [6.07, 6.45) is 5.34. The van der Waals surface area contributed by atoms with Crippen LogP contribution in [0.3, 0.4) is 0 Å². The van der Waals surface area contributed by atoms with Gasteiger partial charge in [-0.25, -0.2) is 4.98 Å². The predicted octanol–water partition coefficient (Wildman–Crippen LogP) is 2.06. The van der Waals surface area contributed by atoms with Crippen LogP contribution in [0.25, 0.3) is 0 Å². The van der Waals surface area contributed by atoms with E-state index >= 15 is 0 Å². The molecule has 6 heteroatoms. The first-order valence-electron chi connectivity index (χ1n) is 8.84. The summed E-state index contributed by atoms with van der Waals surface area (Å²) in [5.41, 5.74) is 2.52. The van der Waals surface area contributed by atoms with Gasteiger partial charge in [0, 0.05) is 49.4 Å². The van der Waals surface area contributed by atoms with Crippen LogP contribution in [0, 0.1) is 6.92 Å². The molecule has 3 heterocycles. The molecule has 1 saturated heterocycles. The fraction of sp³-hybridized carbons (Fsp3) is 0.421. The van der Waals surface area contributed by atoms with Crippen LogP contribution in [0.4, 0.5) is 5.69 Å². The number of benzene rings is 1. The molecule has 0 spiro atoms. The second kappa shape index (κ2) is 6.35. The molecule has 6 nitrogen and oxygen atoms in total. The van der Waals surface area contributed by atoms with E-state index in [1.54, 1.807) is 17.0 Å². The van der Waals surface area contributed by atoms with Gasteiger partial charge in [-0.3, -0.25) is 9.59 Å². The highest BCUT2D eigenvalue weighted by Crippen LogP contribution is 2.22. The number of nitrogens with zero attached hydrogens (tertiary/aromatic N) is 3. The van der Waals surface area contributed by atoms with Crippen molar-refractivity contribution in [2.75, 3.05) is 11.4 Å². The Bertz CT molecular complexity index is 809. The molecule has 2 aromatic rings. The minimum absolute atomic E-state index is 0.0652. The third kappa shape index (κ3) is 3.16. The molecule has 2 amide bonds. The van der Waals surface area contributed by atoms with Crippen molar-refractivity contribution in [1.29, 1.82) is 0 Å². The van der Waals surface area contributed by atoms with Crippen molar-refractivity contribution in [1.82, 2.24) is 14.9 Å². The zero-order valence-corrected chi connectivity index (χ0v) is 14.4. The molecule has 1 fully saturated rings. The molecule has 1 aromatic carbocycles. The molecule has 130 valence electrons. The topological polar surface area (TPSA) is 67.2 Å². The molecule has 0 unspecified atom stereocenters. The molecule has 0 radical (unpaired) electrons. The van der Waals surface area contributed by atoms with Crippen molar-refractivity contribution >= 4 is 17.5 Å². The van der Waals surface area contributed by atoms with Crippen LogP contribution in [-0.4, -0.2) is 34.0 Å². The number of rotatable bonds is 3. The fourth-order valence-electron chi connectivity index (χ4n) is 3.69. The SMILES string of the molecule is Cc1cn2c(n1)CC[C@H](NC(=O)c1ccc(N3CCCC3=O)cc1)C2. The molecular weight excluding hydrogens is 316 g/mol. The Morgan fingerprint density at radius 1 is 1.24 bits per heavy atom. The van der Waals surface area contributed by atoms with Crippen molar-refractivity contribution < 1.29 is 9.59 Å². The summed E-state index contributed by atoms with van der Waals surface area (Å²) in [6.45, 7) is 3.52. The third-order valence-corrected chi connectivity index (χ3v) is 4.96. The monoisotopic (exact) mass is 338 g/mol. The van der Waals surface area contributed by atoms with Crippen molar-refractivity contribution in [3.05, 3.63) is 47.5 Å². The van der Waals surface area contributed by atoms with Gasteiger partial charge < -0.3 is 14.8 Å². The smallest absolute Gasteiger partial charge is 0.251 e. The first-order chi connectivity index (χ1) is 12.1. The van der Waals surface area contributed by atoms with Gasteiger partial charge in [-0.1, -0.05) is 0 Å². The first-order valence-corrected chi connectivity index (χ1v) is 8.84. The normalized spacial score (nSPS) is 19.8. The third-order valence-electron chi connectivity index (χ3n) is 4.96. The molecule has 25 heavy (non-hydrogen) atoms. The predicted molar refractivity (Wildman–Crippen MR) is 94.6 cm³/mol. The summed E-state index contributed by atoms with van der Waals surface area (Å²) in [5.74, 6) is 1.19. The first kappa shape index (κ1) is 15.9. The summed E-state index contributed by atoms with van der Waals surface area (Å²) in [6, 6.07) is 7.43. The fourth-order valence-corrected chi connectivity index (χ4v) is 3.69. The number of hydrogen-bond acceptors (Lipinski definition) is 3. The maximum atomic E-state index is 12.5. The zero-order valence-electron chi connectivity index (χ0n) is 14.4. The van der Waals surface area contributed by atoms with Gasteiger partial charge in [0.25, 0.3) is 5.91 Å². The minimum atomic E-state index is -0.0652. The van der Waals surface area contributed by atoms with E-state index < -0.39 is 0 Å². The minimum Gasteiger partial charge on any atom is -0.347 e. The summed E-state index contributed by atoms with van der Waals surface area (Å²) in [4.78, 5) is 30.6. The van der Waals surface area contributed by atoms with Crippen molar-refractivity contribution in [2.24, 2.45) is 0 Å². The van der Waals surface area contributed by atoms with E-state index in [1.807, 2.05) is 25.3 Å². The number of carbonyl (C=O) groups excluding carboxylic acids is 2. The van der Waals surface area contributed by atoms with Gasteiger partial charge >= 0.3 is 0 Å². The number of aromatic nitrogens is 2. The summed E-state index contributed by atoms with van der Waals surface area (Å²) >= 11 is 0. The Labute approximate surface area is 146 Å². The van der Waals surface area contributed by atoms with Crippen LogP contribution in [0.1, 0.15) is 41.1 Å². The molecule has 1 atom stereocenters. The molecule has 0 saturated carbocycles. The largest absolute Gasteiger partial charge is 0.347 e. The van der Waals surface area contributed by atoms with Gasteiger partial charge in [0.15, 0.2) is 0 Å². The number of fused-ring (bicyclic) bond motifs is 1. The van der Waals surface area contributed by atoms with Gasteiger partial charge in [-0.15, -0.1) is 0 Å². The number of hydrogen-bond donors (Lipinski definition) is 1. The zero-order chi connectivity index (χ0) is 17.4. The van der Waals surface area contributed by atoms with E-state index in [4.69, 9.17) is 0 Å². The second-order valence-electron chi connectivity index (χ2n) is 6.86. The quantitative estimate of drug-likeness (QED) is 0.931. The van der Waals surface area contributed by atoms with Gasteiger partial charge in [-0.05, 0) is 44.0 Å². The Balaban J connectivity index is 1.40. The van der Waals surface area contributed by atoms with Gasteiger partial charge in [0.05, 0.1) is 5.69 Å². The second-order valence-corrected chi connectivity index (χ2v) is 6.86. The van der Waals surface area contributed by atoms with Crippen molar-refractivity contribution in [3.63, 3.8) is 0 Å². The lowest BCUT2D eigenvalue weighted by Gasteiger charge is -2.24. The summed E-state index contributed by atoms with van der Waals surface area (Å²) in [5, 5.41) is 3.11. The van der Waals surface area contributed by atoms with Crippen LogP contribution in [0.5, 0.6) is 0 Å². The molecule has 1 aromatic heterocycles. The van der Waals surface area contributed by atoms with E-state index in [-0.39, 0.29) is 17.9 Å². The number of anilines is 1. The average Bonchev–Trinajstić information content (AvgIpc) is 3.19. The molecule has 0 bridgehead atoms. The average molecular weight is 338 g/mol. The molecule has 0 aliphatic carbocycles. The summed E-state index contributed by atoms with van der Waals surface area (Å²) in [7, 11) is 0. The molecule has 2 aliphatic heterocycles. The lowest BCUT2D eigenvalue weighted by molar-refractivity contribution is -0.117. The van der Waals surface area contributed by atoms with E-state index in [0.29, 0.717) is 12.0 Å². The van der Waals surface area contributed by atoms with Crippen LogP contribution >= 0.6 is 0 Å². The standard InChI is InChI=1S/C19H22N4O2/c1-13-11-22-12-15(6-9-17(22)20-13)21-19(25)14-4-7-16(8-5-14)23-10-2-3-18(23)24/h4-5,7-8,11,15H,2-3,6,9-10,12H2,1H3,(H,21,25)/t15-/m0/s1. The van der Waals surface area contributed by atoms with Crippen molar-refractivity contribution in [3.8, 4) is 0 Å². The number of aryl methyl sites for hydroxylation is 2. The Hall–Kier alpha value is -2.63. The van der Waals surface area contributed by atoms with Gasteiger partial charge in [-0.2, -0.15) is 0 Å². The Kier molecular flexibility index (Phi) is 4.03. The molecule has 1 N–H and O–H groups in total. The molecular formula is C19H22N4O2. The highest BCUT2D eigenvalue weighted by Gasteiger charge is 2.23. The van der Waals surface area contributed by atoms with Crippen LogP contribution < -0.4 is 10.2 Å². The maximum absolute atomic E-state index is 12.5. The highest BCUT2D eigenvalue weighted by molar-refractivity contribution is 5.97. The van der Waals surface area contributed by atoms with Gasteiger partial charge in [0.2, 0.25) is 5.91 Å². The summed E-state index contributed by atoms with van der Waals surface area (Å²) < 4.78 is 2.13. The maximum Gasteiger partial charge on any atom is 0.251 e. The molecule has 4 rings (SSSR count). The lowest BCUT2D eigenvalue weighted by atomic mass is 10.1. The van der Waals surface area contributed by atoms with Crippen LogP contribution in [0.2, 0.25) is 0 Å². The van der Waals surface area contributed by atoms with E-state index in [1.165, 1.54) is 0 Å². The number of nitrogens with one attached hydrogen (secondary N) is 1. The van der Waals surface area contributed by atoms with Crippen LogP contribution in [0.15, 0.2) is 30.5 Å².